The van der Waals surface area contributed by atoms with Gasteiger partial charge in [-0.05, 0) is 25.3 Å². The van der Waals surface area contributed by atoms with Gasteiger partial charge in [-0.2, -0.15) is 0 Å². The van der Waals surface area contributed by atoms with E-state index in [1.807, 2.05) is 0 Å². The Labute approximate surface area is 143 Å². The molecule has 8 heteroatoms. The SMILES string of the molecule is C.C.C.CS(=O)(=O)NCC1CNCC1O.NCC1CCCC1O. The van der Waals surface area contributed by atoms with Crippen LogP contribution in [0.1, 0.15) is 41.5 Å². The zero-order valence-corrected chi connectivity index (χ0v) is 12.8. The summed E-state index contributed by atoms with van der Waals surface area (Å²) in [4.78, 5) is 0. The van der Waals surface area contributed by atoms with Crippen molar-refractivity contribution in [3.8, 4) is 0 Å². The summed E-state index contributed by atoms with van der Waals surface area (Å²) in [5.41, 5.74) is 5.36. The molecule has 0 aromatic carbocycles. The van der Waals surface area contributed by atoms with Crippen LogP contribution in [0.3, 0.4) is 0 Å². The number of rotatable bonds is 4. The maximum absolute atomic E-state index is 10.7. The highest BCUT2D eigenvalue weighted by molar-refractivity contribution is 7.88. The smallest absolute Gasteiger partial charge is 0.208 e. The molecule has 1 saturated heterocycles. The molecule has 6 N–H and O–H groups in total. The van der Waals surface area contributed by atoms with Gasteiger partial charge in [-0.25, -0.2) is 13.1 Å². The third kappa shape index (κ3) is 11.0. The summed E-state index contributed by atoms with van der Waals surface area (Å²) in [5.74, 6) is 0.398. The highest BCUT2D eigenvalue weighted by Crippen LogP contribution is 2.23. The van der Waals surface area contributed by atoms with Crippen LogP contribution in [-0.4, -0.2) is 63.3 Å². The zero-order valence-electron chi connectivity index (χ0n) is 12.0. The topological polar surface area (TPSA) is 125 Å². The zero-order chi connectivity index (χ0) is 15.2. The number of hydrogen-bond donors (Lipinski definition) is 5. The van der Waals surface area contributed by atoms with Crippen LogP contribution in [0.15, 0.2) is 0 Å². The Bertz CT molecular complexity index is 379. The number of hydrogen-bond acceptors (Lipinski definition) is 6. The minimum Gasteiger partial charge on any atom is -0.393 e. The van der Waals surface area contributed by atoms with E-state index in [0.717, 1.165) is 25.5 Å². The molecule has 4 atom stereocenters. The van der Waals surface area contributed by atoms with Gasteiger partial charge in [0.05, 0.1) is 18.5 Å². The summed E-state index contributed by atoms with van der Waals surface area (Å²) in [6, 6.07) is 0. The molecule has 1 heterocycles. The number of nitrogens with two attached hydrogens (primary N) is 1. The summed E-state index contributed by atoms with van der Waals surface area (Å²) in [5, 5.41) is 21.4. The van der Waals surface area contributed by atoms with E-state index in [1.165, 1.54) is 0 Å². The van der Waals surface area contributed by atoms with Gasteiger partial charge in [-0.1, -0.05) is 28.7 Å². The molecule has 2 fully saturated rings. The predicted octanol–water partition coefficient (Wildman–Crippen LogP) is 0.130. The van der Waals surface area contributed by atoms with Crippen LogP contribution in [0.4, 0.5) is 0 Å². The Morgan fingerprint density at radius 3 is 2.00 bits per heavy atom. The molecule has 0 radical (unpaired) electrons. The van der Waals surface area contributed by atoms with Gasteiger partial charge in [0.25, 0.3) is 0 Å². The van der Waals surface area contributed by atoms with Gasteiger partial charge in [0.15, 0.2) is 0 Å². The molecular weight excluding hydrogens is 318 g/mol. The Hall–Kier alpha value is -0.250. The highest BCUT2D eigenvalue weighted by atomic mass is 32.2. The van der Waals surface area contributed by atoms with Crippen molar-refractivity contribution >= 4 is 10.0 Å². The molecule has 144 valence electrons. The second-order valence-corrected chi connectivity index (χ2v) is 7.43. The molecule has 1 saturated carbocycles. The third-order valence-corrected chi connectivity index (χ3v) is 4.52. The average molecular weight is 358 g/mol. The first-order valence-electron chi connectivity index (χ1n) is 7.05. The normalized spacial score (nSPS) is 29.4. The van der Waals surface area contributed by atoms with Crippen molar-refractivity contribution in [1.29, 1.82) is 0 Å². The van der Waals surface area contributed by atoms with Crippen LogP contribution < -0.4 is 15.8 Å². The number of aliphatic hydroxyl groups excluding tert-OH is 2. The van der Waals surface area contributed by atoms with Crippen molar-refractivity contribution in [1.82, 2.24) is 10.0 Å². The van der Waals surface area contributed by atoms with Gasteiger partial charge < -0.3 is 21.3 Å². The lowest BCUT2D eigenvalue weighted by Crippen LogP contribution is -2.33. The second kappa shape index (κ2) is 13.1. The maximum atomic E-state index is 10.7. The second-order valence-electron chi connectivity index (χ2n) is 5.60. The van der Waals surface area contributed by atoms with Crippen LogP contribution in [0.2, 0.25) is 0 Å². The number of sulfonamides is 1. The summed E-state index contributed by atoms with van der Waals surface area (Å²) < 4.78 is 23.7. The van der Waals surface area contributed by atoms with Gasteiger partial charge in [0.2, 0.25) is 10.0 Å². The molecule has 0 bridgehead atoms. The van der Waals surface area contributed by atoms with Crippen LogP contribution in [0.25, 0.3) is 0 Å². The third-order valence-electron chi connectivity index (χ3n) is 3.83. The maximum Gasteiger partial charge on any atom is 0.208 e. The lowest BCUT2D eigenvalue weighted by molar-refractivity contribution is 0.136. The molecule has 0 aromatic heterocycles. The van der Waals surface area contributed by atoms with Gasteiger partial charge in [-0.15, -0.1) is 0 Å². The average Bonchev–Trinajstić information content (AvgIpc) is 2.95. The highest BCUT2D eigenvalue weighted by Gasteiger charge is 2.25. The lowest BCUT2D eigenvalue weighted by atomic mass is 10.1. The van der Waals surface area contributed by atoms with Crippen molar-refractivity contribution in [3.63, 3.8) is 0 Å². The van der Waals surface area contributed by atoms with E-state index in [9.17, 15) is 13.5 Å². The van der Waals surface area contributed by atoms with E-state index in [2.05, 4.69) is 10.0 Å². The Kier molecular flexibility index (Phi) is 15.7. The first-order valence-corrected chi connectivity index (χ1v) is 8.94. The number of nitrogens with one attached hydrogen (secondary N) is 2. The lowest BCUT2D eigenvalue weighted by Gasteiger charge is -2.12. The van der Waals surface area contributed by atoms with E-state index >= 15 is 0 Å². The van der Waals surface area contributed by atoms with Crippen LogP contribution in [-0.2, 0) is 10.0 Å². The number of β-amino-alcohol motifs (C(OH)–C–C–N with tert-alkyl or cyclic N) is 1. The molecular formula is C15H39N3O4S. The molecule has 2 aliphatic rings. The van der Waals surface area contributed by atoms with Gasteiger partial charge >= 0.3 is 0 Å². The molecule has 0 amide bonds. The predicted molar refractivity (Wildman–Crippen MR) is 97.8 cm³/mol. The fraction of sp³-hybridized carbons (Fsp3) is 1.00. The Balaban J connectivity index is -0.000000325. The first kappa shape index (κ1) is 27.6. The fourth-order valence-corrected chi connectivity index (χ4v) is 2.99. The standard InChI is InChI=1S/C6H14N2O3S.C6H13NO.3CH4/c1-12(10,11)8-3-5-2-7-4-6(5)9;7-4-5-2-1-3-6(5)8;;;/h5-9H,2-4H2,1H3;5-6,8H,1-4,7H2;3*1H4. The summed E-state index contributed by atoms with van der Waals surface area (Å²) in [7, 11) is -3.12. The van der Waals surface area contributed by atoms with Crippen molar-refractivity contribution in [2.24, 2.45) is 17.6 Å². The van der Waals surface area contributed by atoms with E-state index in [4.69, 9.17) is 10.8 Å². The minimum atomic E-state index is -3.12. The van der Waals surface area contributed by atoms with Crippen molar-refractivity contribution in [3.05, 3.63) is 0 Å². The van der Waals surface area contributed by atoms with Crippen LogP contribution in [0.5, 0.6) is 0 Å². The summed E-state index contributed by atoms with van der Waals surface area (Å²) in [6.07, 6.45) is 3.82. The minimum absolute atomic E-state index is 0. The Morgan fingerprint density at radius 1 is 1.09 bits per heavy atom. The fourth-order valence-electron chi connectivity index (χ4n) is 2.48. The van der Waals surface area contributed by atoms with E-state index in [-0.39, 0.29) is 34.3 Å². The first-order chi connectivity index (χ1) is 9.33. The molecule has 0 spiro atoms. The quantitative estimate of drug-likeness (QED) is 0.487. The van der Waals surface area contributed by atoms with Crippen LogP contribution in [0, 0.1) is 11.8 Å². The van der Waals surface area contributed by atoms with E-state index in [1.54, 1.807) is 0 Å². The molecule has 0 aromatic rings. The van der Waals surface area contributed by atoms with Crippen molar-refractivity contribution in [2.45, 2.75) is 53.8 Å². The van der Waals surface area contributed by atoms with Gasteiger partial charge in [-0.3, -0.25) is 0 Å². The summed E-state index contributed by atoms with van der Waals surface area (Å²) in [6.45, 7) is 2.19. The summed E-state index contributed by atoms with van der Waals surface area (Å²) >= 11 is 0. The molecule has 1 aliphatic heterocycles. The monoisotopic (exact) mass is 357 g/mol. The van der Waals surface area contributed by atoms with Gasteiger partial charge in [0, 0.05) is 25.6 Å². The Morgan fingerprint density at radius 2 is 1.70 bits per heavy atom. The molecule has 23 heavy (non-hydrogen) atoms. The molecule has 4 unspecified atom stereocenters. The van der Waals surface area contributed by atoms with E-state index < -0.39 is 16.1 Å². The van der Waals surface area contributed by atoms with Crippen LogP contribution >= 0.6 is 0 Å². The molecule has 1 aliphatic carbocycles. The van der Waals surface area contributed by atoms with E-state index in [0.29, 0.717) is 32.1 Å². The number of aliphatic hydroxyl groups is 2. The van der Waals surface area contributed by atoms with Crippen molar-refractivity contribution < 1.29 is 18.6 Å². The van der Waals surface area contributed by atoms with Gasteiger partial charge in [0.1, 0.15) is 0 Å². The molecule has 7 nitrogen and oxygen atoms in total. The largest absolute Gasteiger partial charge is 0.393 e. The van der Waals surface area contributed by atoms with Crippen molar-refractivity contribution in [2.75, 3.05) is 32.4 Å². The molecule has 2 rings (SSSR count).